The van der Waals surface area contributed by atoms with Crippen molar-refractivity contribution < 1.29 is 9.63 Å². The van der Waals surface area contributed by atoms with E-state index in [-0.39, 0.29) is 6.61 Å². The van der Waals surface area contributed by atoms with Crippen LogP contribution in [0, 0.1) is 0 Å². The highest BCUT2D eigenvalue weighted by molar-refractivity contribution is 7.15. The smallest absolute Gasteiger partial charge is 0.268 e. The van der Waals surface area contributed by atoms with Crippen LogP contribution < -0.4 is 0 Å². The van der Waals surface area contributed by atoms with Crippen LogP contribution in [-0.2, 0) is 13.0 Å². The Morgan fingerprint density at radius 1 is 1.50 bits per heavy atom. The van der Waals surface area contributed by atoms with E-state index in [0.717, 1.165) is 11.3 Å². The van der Waals surface area contributed by atoms with E-state index in [0.29, 0.717) is 11.7 Å². The molecular formula is C9H10N2O2S. The minimum Gasteiger partial charge on any atom is -0.388 e. The van der Waals surface area contributed by atoms with E-state index >= 15 is 0 Å². The Labute approximate surface area is 85.2 Å². The van der Waals surface area contributed by atoms with E-state index in [1.165, 1.54) is 4.88 Å². The van der Waals surface area contributed by atoms with Crippen LogP contribution in [0.2, 0.25) is 0 Å². The number of hydrogen-bond donors (Lipinski definition) is 1. The number of aliphatic hydroxyl groups is 1. The predicted octanol–water partition coefficient (Wildman–Crippen LogP) is 1.85. The number of aromatic nitrogens is 2. The zero-order chi connectivity index (χ0) is 9.97. The van der Waals surface area contributed by atoms with Gasteiger partial charge in [0.1, 0.15) is 6.61 Å². The van der Waals surface area contributed by atoms with Gasteiger partial charge in [-0.05, 0) is 18.6 Å². The third kappa shape index (κ3) is 1.69. The van der Waals surface area contributed by atoms with Gasteiger partial charge in [0.15, 0.2) is 5.82 Å². The van der Waals surface area contributed by atoms with Gasteiger partial charge < -0.3 is 9.63 Å². The summed E-state index contributed by atoms with van der Waals surface area (Å²) in [5, 5.41) is 12.4. The topological polar surface area (TPSA) is 59.2 Å². The molecule has 0 aromatic carbocycles. The highest BCUT2D eigenvalue weighted by atomic mass is 32.1. The van der Waals surface area contributed by atoms with Crippen molar-refractivity contribution in [3.8, 4) is 10.8 Å². The van der Waals surface area contributed by atoms with Gasteiger partial charge in [0, 0.05) is 4.88 Å². The maximum absolute atomic E-state index is 8.77. The molecule has 0 unspecified atom stereocenters. The second kappa shape index (κ2) is 3.89. The summed E-state index contributed by atoms with van der Waals surface area (Å²) in [5.74, 6) is 0.810. The van der Waals surface area contributed by atoms with Crippen molar-refractivity contribution in [2.45, 2.75) is 20.0 Å². The molecule has 0 fully saturated rings. The standard InChI is InChI=1S/C9H10N2O2S/c1-2-6-3-4-7(14-6)9-10-8(5-12)11-13-9/h3-4,12H,2,5H2,1H3. The Morgan fingerprint density at radius 2 is 2.36 bits per heavy atom. The molecule has 0 bridgehead atoms. The van der Waals surface area contributed by atoms with Crippen molar-refractivity contribution in [1.82, 2.24) is 10.1 Å². The van der Waals surface area contributed by atoms with E-state index < -0.39 is 0 Å². The van der Waals surface area contributed by atoms with Gasteiger partial charge in [-0.1, -0.05) is 12.1 Å². The first kappa shape index (κ1) is 9.36. The fraction of sp³-hybridized carbons (Fsp3) is 0.333. The lowest BCUT2D eigenvalue weighted by atomic mass is 10.4. The van der Waals surface area contributed by atoms with Gasteiger partial charge in [-0.15, -0.1) is 11.3 Å². The van der Waals surface area contributed by atoms with Crippen LogP contribution in [-0.4, -0.2) is 15.2 Å². The Morgan fingerprint density at radius 3 is 2.93 bits per heavy atom. The van der Waals surface area contributed by atoms with Gasteiger partial charge in [0.25, 0.3) is 5.89 Å². The second-order valence-corrected chi connectivity index (χ2v) is 3.96. The average Bonchev–Trinajstić information content (AvgIpc) is 2.86. The average molecular weight is 210 g/mol. The normalized spacial score (nSPS) is 10.7. The molecule has 0 saturated heterocycles. The third-order valence-corrected chi connectivity index (χ3v) is 3.05. The van der Waals surface area contributed by atoms with Crippen molar-refractivity contribution in [1.29, 1.82) is 0 Å². The molecule has 0 aliphatic heterocycles. The summed E-state index contributed by atoms with van der Waals surface area (Å²) in [6, 6.07) is 4.00. The summed E-state index contributed by atoms with van der Waals surface area (Å²) >= 11 is 1.63. The largest absolute Gasteiger partial charge is 0.388 e. The summed E-state index contributed by atoms with van der Waals surface area (Å²) < 4.78 is 4.99. The lowest BCUT2D eigenvalue weighted by molar-refractivity contribution is 0.264. The molecule has 2 aromatic heterocycles. The monoisotopic (exact) mass is 210 g/mol. The molecule has 2 heterocycles. The highest BCUT2D eigenvalue weighted by Crippen LogP contribution is 2.26. The molecule has 14 heavy (non-hydrogen) atoms. The lowest BCUT2D eigenvalue weighted by Gasteiger charge is -1.85. The quantitative estimate of drug-likeness (QED) is 0.839. The Bertz CT molecular complexity index is 382. The first-order chi connectivity index (χ1) is 6.83. The molecule has 0 aliphatic carbocycles. The van der Waals surface area contributed by atoms with Crippen molar-refractivity contribution >= 4 is 11.3 Å². The molecule has 0 radical (unpaired) electrons. The van der Waals surface area contributed by atoms with Crippen molar-refractivity contribution in [3.05, 3.63) is 22.8 Å². The minimum absolute atomic E-state index is 0.185. The van der Waals surface area contributed by atoms with E-state index in [1.807, 2.05) is 12.1 Å². The summed E-state index contributed by atoms with van der Waals surface area (Å²) in [6.45, 7) is 1.91. The van der Waals surface area contributed by atoms with Crippen LogP contribution in [0.1, 0.15) is 17.6 Å². The summed E-state index contributed by atoms with van der Waals surface area (Å²) in [4.78, 5) is 6.26. The summed E-state index contributed by atoms with van der Waals surface area (Å²) in [7, 11) is 0. The van der Waals surface area contributed by atoms with Gasteiger partial charge in [0.05, 0.1) is 4.88 Å². The zero-order valence-corrected chi connectivity index (χ0v) is 8.54. The van der Waals surface area contributed by atoms with E-state index in [2.05, 4.69) is 17.1 Å². The van der Waals surface area contributed by atoms with Gasteiger partial charge in [-0.3, -0.25) is 0 Å². The van der Waals surface area contributed by atoms with Gasteiger partial charge >= 0.3 is 0 Å². The molecule has 0 amide bonds. The van der Waals surface area contributed by atoms with E-state index in [1.54, 1.807) is 11.3 Å². The molecule has 0 saturated carbocycles. The Hall–Kier alpha value is -1.20. The number of thiophene rings is 1. The molecule has 2 rings (SSSR count). The van der Waals surface area contributed by atoms with Crippen LogP contribution >= 0.6 is 11.3 Å². The first-order valence-electron chi connectivity index (χ1n) is 4.36. The van der Waals surface area contributed by atoms with E-state index in [9.17, 15) is 0 Å². The number of rotatable bonds is 3. The first-order valence-corrected chi connectivity index (χ1v) is 5.17. The highest BCUT2D eigenvalue weighted by Gasteiger charge is 2.09. The molecule has 0 atom stereocenters. The fourth-order valence-electron chi connectivity index (χ4n) is 1.10. The number of hydrogen-bond acceptors (Lipinski definition) is 5. The zero-order valence-electron chi connectivity index (χ0n) is 7.73. The van der Waals surface area contributed by atoms with Crippen molar-refractivity contribution in [2.24, 2.45) is 0 Å². The Balaban J connectivity index is 2.29. The molecule has 4 nitrogen and oxygen atoms in total. The molecular weight excluding hydrogens is 200 g/mol. The van der Waals surface area contributed by atoms with Gasteiger partial charge in [0.2, 0.25) is 0 Å². The number of aryl methyl sites for hydroxylation is 1. The maximum atomic E-state index is 8.77. The van der Waals surface area contributed by atoms with Crippen LogP contribution in [0.3, 0.4) is 0 Å². The maximum Gasteiger partial charge on any atom is 0.268 e. The van der Waals surface area contributed by atoms with Crippen LogP contribution in [0.4, 0.5) is 0 Å². The molecule has 2 aromatic rings. The van der Waals surface area contributed by atoms with E-state index in [4.69, 9.17) is 9.63 Å². The molecule has 0 aliphatic rings. The minimum atomic E-state index is -0.185. The second-order valence-electron chi connectivity index (χ2n) is 2.79. The molecule has 74 valence electrons. The van der Waals surface area contributed by atoms with Crippen LogP contribution in [0.25, 0.3) is 10.8 Å². The Kier molecular flexibility index (Phi) is 2.60. The summed E-state index contributed by atoms with van der Waals surface area (Å²) in [6.07, 6.45) is 1.01. The van der Waals surface area contributed by atoms with Gasteiger partial charge in [-0.25, -0.2) is 0 Å². The molecule has 0 spiro atoms. The third-order valence-electron chi connectivity index (χ3n) is 1.83. The van der Waals surface area contributed by atoms with Crippen molar-refractivity contribution in [2.75, 3.05) is 0 Å². The lowest BCUT2D eigenvalue weighted by Crippen LogP contribution is -1.83. The molecule has 5 heteroatoms. The summed E-state index contributed by atoms with van der Waals surface area (Å²) in [5.41, 5.74) is 0. The fourth-order valence-corrected chi connectivity index (χ4v) is 1.97. The molecule has 1 N–H and O–H groups in total. The van der Waals surface area contributed by atoms with Crippen LogP contribution in [0.15, 0.2) is 16.7 Å². The van der Waals surface area contributed by atoms with Gasteiger partial charge in [-0.2, -0.15) is 4.98 Å². The number of aliphatic hydroxyl groups excluding tert-OH is 1. The SMILES string of the molecule is CCc1ccc(-c2nc(CO)no2)s1. The van der Waals surface area contributed by atoms with Crippen LogP contribution in [0.5, 0.6) is 0 Å². The van der Waals surface area contributed by atoms with Crippen molar-refractivity contribution in [3.63, 3.8) is 0 Å². The predicted molar refractivity (Wildman–Crippen MR) is 52.9 cm³/mol. The number of nitrogens with zero attached hydrogens (tertiary/aromatic N) is 2.